The molecular weight excluding hydrogens is 448 g/mol. The number of allylic oxidation sites excluding steroid dienone is 1. The third-order valence-corrected chi connectivity index (χ3v) is 7.03. The Morgan fingerprint density at radius 3 is 2.47 bits per heavy atom. The van der Waals surface area contributed by atoms with Gasteiger partial charge in [-0.3, -0.25) is 0 Å². The van der Waals surface area contributed by atoms with Crippen molar-refractivity contribution in [1.29, 1.82) is 0 Å². The maximum absolute atomic E-state index is 12.9. The minimum Gasteiger partial charge on any atom is -0.463 e. The van der Waals surface area contributed by atoms with Gasteiger partial charge >= 0.3 is 12.0 Å². The van der Waals surface area contributed by atoms with Crippen molar-refractivity contribution in [2.24, 2.45) is 4.99 Å². The number of thioether (sulfide) groups is 1. The van der Waals surface area contributed by atoms with Crippen molar-refractivity contribution < 1.29 is 14.3 Å². The number of ether oxygens (including phenoxy) is 1. The number of benzene rings is 2. The van der Waals surface area contributed by atoms with Gasteiger partial charge in [0.2, 0.25) is 0 Å². The Morgan fingerprint density at radius 1 is 1.09 bits per heavy atom. The van der Waals surface area contributed by atoms with Crippen LogP contribution in [0.1, 0.15) is 43.0 Å². The van der Waals surface area contributed by atoms with Gasteiger partial charge < -0.3 is 20.3 Å². The van der Waals surface area contributed by atoms with Crippen LogP contribution < -0.4 is 10.6 Å². The van der Waals surface area contributed by atoms with E-state index in [0.717, 1.165) is 46.3 Å². The number of amidine groups is 1. The third-order valence-electron chi connectivity index (χ3n) is 5.96. The van der Waals surface area contributed by atoms with Crippen LogP contribution in [0.5, 0.6) is 0 Å². The molecule has 0 radical (unpaired) electrons. The zero-order valence-corrected chi connectivity index (χ0v) is 20.8. The van der Waals surface area contributed by atoms with Crippen molar-refractivity contribution >= 4 is 40.3 Å². The lowest BCUT2D eigenvalue weighted by Crippen LogP contribution is -2.42. The van der Waals surface area contributed by atoms with Crippen LogP contribution in [0.2, 0.25) is 0 Å². The van der Waals surface area contributed by atoms with Crippen molar-refractivity contribution in [1.82, 2.24) is 4.90 Å². The standard InChI is InChI=1S/C26H30N4O3S/c1-5-33-24(31)21-18(4)27-26-30(14-7-15-34-26)23(21)19-10-12-20(13-11-19)28-25(32)29-22-16(2)8-6-9-17(22)3/h6,8-13,23H,5,7,14-15H2,1-4H3,(H2,28,29,32)/t23-/m0/s1. The van der Waals surface area contributed by atoms with E-state index in [1.807, 2.05) is 63.2 Å². The van der Waals surface area contributed by atoms with E-state index in [1.54, 1.807) is 18.7 Å². The Balaban J connectivity index is 1.56. The molecule has 2 aromatic carbocycles. The summed E-state index contributed by atoms with van der Waals surface area (Å²) in [5.41, 5.74) is 5.72. The lowest BCUT2D eigenvalue weighted by Gasteiger charge is -2.40. The zero-order chi connectivity index (χ0) is 24.2. The molecule has 34 heavy (non-hydrogen) atoms. The molecule has 178 valence electrons. The topological polar surface area (TPSA) is 83.0 Å². The first-order valence-corrected chi connectivity index (χ1v) is 12.5. The molecule has 0 aliphatic carbocycles. The first-order valence-electron chi connectivity index (χ1n) is 11.5. The Labute approximate surface area is 204 Å². The molecule has 0 bridgehead atoms. The van der Waals surface area contributed by atoms with Crippen molar-refractivity contribution in [2.45, 2.75) is 40.2 Å². The fourth-order valence-electron chi connectivity index (χ4n) is 4.32. The van der Waals surface area contributed by atoms with Gasteiger partial charge in [0, 0.05) is 23.7 Å². The number of carbonyl (C=O) groups excluding carboxylic acids is 2. The minimum atomic E-state index is -0.335. The van der Waals surface area contributed by atoms with E-state index in [1.165, 1.54) is 0 Å². The molecule has 2 amide bonds. The number of fused-ring (bicyclic) bond motifs is 1. The first kappa shape index (κ1) is 23.9. The molecule has 0 aromatic heterocycles. The summed E-state index contributed by atoms with van der Waals surface area (Å²) in [5, 5.41) is 6.78. The number of urea groups is 1. The van der Waals surface area contributed by atoms with Gasteiger partial charge in [0.1, 0.15) is 0 Å². The van der Waals surface area contributed by atoms with E-state index in [9.17, 15) is 9.59 Å². The number of carbonyl (C=O) groups is 2. The van der Waals surface area contributed by atoms with Crippen LogP contribution in [0.15, 0.2) is 58.7 Å². The number of nitrogens with zero attached hydrogens (tertiary/aromatic N) is 2. The highest BCUT2D eigenvalue weighted by Gasteiger charge is 2.37. The van der Waals surface area contributed by atoms with Crippen LogP contribution in [-0.2, 0) is 9.53 Å². The molecule has 8 heteroatoms. The summed E-state index contributed by atoms with van der Waals surface area (Å²) in [6, 6.07) is 13.0. The van der Waals surface area contributed by atoms with Gasteiger partial charge in [-0.05, 0) is 62.9 Å². The Hall–Kier alpha value is -3.26. The summed E-state index contributed by atoms with van der Waals surface area (Å²) >= 11 is 1.72. The van der Waals surface area contributed by atoms with Gasteiger partial charge in [0.25, 0.3) is 0 Å². The van der Waals surface area contributed by atoms with Crippen molar-refractivity contribution in [3.63, 3.8) is 0 Å². The molecular formula is C26H30N4O3S. The molecule has 2 aliphatic rings. The van der Waals surface area contributed by atoms with Crippen molar-refractivity contribution in [2.75, 3.05) is 29.5 Å². The molecule has 1 saturated heterocycles. The second-order valence-corrected chi connectivity index (χ2v) is 9.44. The van der Waals surface area contributed by atoms with E-state index in [-0.39, 0.29) is 18.0 Å². The van der Waals surface area contributed by atoms with E-state index in [4.69, 9.17) is 9.73 Å². The summed E-state index contributed by atoms with van der Waals surface area (Å²) in [4.78, 5) is 32.3. The summed E-state index contributed by atoms with van der Waals surface area (Å²) in [5.74, 6) is 0.682. The first-order chi connectivity index (χ1) is 16.4. The predicted octanol–water partition coefficient (Wildman–Crippen LogP) is 5.63. The predicted molar refractivity (Wildman–Crippen MR) is 138 cm³/mol. The van der Waals surface area contributed by atoms with E-state index in [2.05, 4.69) is 15.5 Å². The molecule has 0 unspecified atom stereocenters. The number of aryl methyl sites for hydroxylation is 2. The molecule has 2 heterocycles. The molecule has 0 saturated carbocycles. The van der Waals surface area contributed by atoms with E-state index in [0.29, 0.717) is 23.6 Å². The van der Waals surface area contributed by atoms with Gasteiger partial charge in [-0.25, -0.2) is 14.6 Å². The molecule has 0 spiro atoms. The number of rotatable bonds is 5. The van der Waals surface area contributed by atoms with Crippen LogP contribution >= 0.6 is 11.8 Å². The number of nitrogens with one attached hydrogen (secondary N) is 2. The largest absolute Gasteiger partial charge is 0.463 e. The number of para-hydroxylation sites is 1. The second-order valence-electron chi connectivity index (χ2n) is 8.38. The maximum Gasteiger partial charge on any atom is 0.338 e. The average molecular weight is 479 g/mol. The highest BCUT2D eigenvalue weighted by atomic mass is 32.2. The highest BCUT2D eigenvalue weighted by molar-refractivity contribution is 8.13. The highest BCUT2D eigenvalue weighted by Crippen LogP contribution is 2.40. The fraction of sp³-hybridized carbons (Fsp3) is 0.346. The van der Waals surface area contributed by atoms with Crippen LogP contribution in [0.4, 0.5) is 16.2 Å². The monoisotopic (exact) mass is 478 g/mol. The lowest BCUT2D eigenvalue weighted by molar-refractivity contribution is -0.139. The van der Waals surface area contributed by atoms with E-state index >= 15 is 0 Å². The number of aliphatic imine (C=N–C) groups is 1. The number of anilines is 2. The third kappa shape index (κ3) is 4.97. The number of amides is 2. The molecule has 2 aliphatic heterocycles. The minimum absolute atomic E-state index is 0.267. The fourth-order valence-corrected chi connectivity index (χ4v) is 5.34. The summed E-state index contributed by atoms with van der Waals surface area (Å²) in [7, 11) is 0. The number of hydrogen-bond donors (Lipinski definition) is 2. The van der Waals surface area contributed by atoms with Crippen molar-refractivity contribution in [3.05, 3.63) is 70.4 Å². The smallest absolute Gasteiger partial charge is 0.338 e. The Morgan fingerprint density at radius 2 is 1.79 bits per heavy atom. The Bertz CT molecular complexity index is 1140. The summed E-state index contributed by atoms with van der Waals surface area (Å²) in [6.45, 7) is 8.74. The summed E-state index contributed by atoms with van der Waals surface area (Å²) in [6.07, 6.45) is 1.02. The second kappa shape index (κ2) is 10.3. The van der Waals surface area contributed by atoms with E-state index < -0.39 is 0 Å². The maximum atomic E-state index is 12.9. The number of hydrogen-bond acceptors (Lipinski definition) is 6. The van der Waals surface area contributed by atoms with Gasteiger partial charge in [-0.2, -0.15) is 0 Å². The van der Waals surface area contributed by atoms with Gasteiger partial charge in [-0.15, -0.1) is 0 Å². The van der Waals surface area contributed by atoms with Gasteiger partial charge in [-0.1, -0.05) is 42.1 Å². The normalized spacial score (nSPS) is 17.6. The average Bonchev–Trinajstić information content (AvgIpc) is 2.81. The quantitative estimate of drug-likeness (QED) is 0.544. The molecule has 4 rings (SSSR count). The SMILES string of the molecule is CCOC(=O)C1=C(C)N=C2SCCCN2[C@H]1c1ccc(NC(=O)Nc2c(C)cccc2C)cc1. The Kier molecular flexibility index (Phi) is 7.26. The van der Waals surface area contributed by atoms with Gasteiger partial charge in [0.05, 0.1) is 23.9 Å². The van der Waals surface area contributed by atoms with Crippen LogP contribution in [0, 0.1) is 13.8 Å². The van der Waals surface area contributed by atoms with Gasteiger partial charge in [0.15, 0.2) is 5.17 Å². The molecule has 1 atom stereocenters. The van der Waals surface area contributed by atoms with Crippen LogP contribution in [0.25, 0.3) is 0 Å². The molecule has 2 aromatic rings. The molecule has 2 N–H and O–H groups in total. The zero-order valence-electron chi connectivity index (χ0n) is 20.0. The summed E-state index contributed by atoms with van der Waals surface area (Å²) < 4.78 is 5.37. The number of esters is 1. The van der Waals surface area contributed by atoms with Crippen molar-refractivity contribution in [3.8, 4) is 0 Å². The lowest BCUT2D eigenvalue weighted by atomic mass is 9.94. The molecule has 1 fully saturated rings. The van der Waals surface area contributed by atoms with Crippen LogP contribution in [-0.4, -0.2) is 41.0 Å². The molecule has 7 nitrogen and oxygen atoms in total. The van der Waals surface area contributed by atoms with Crippen LogP contribution in [0.3, 0.4) is 0 Å².